The minimum atomic E-state index is -0.253. The number of ether oxygens (including phenoxy) is 2. The van der Waals surface area contributed by atoms with Gasteiger partial charge in [0.15, 0.2) is 0 Å². The number of hydrogen-bond donors (Lipinski definition) is 1. The Balaban J connectivity index is 1.64. The molecule has 0 atom stereocenters. The highest BCUT2D eigenvalue weighted by atomic mass is 16.6. The highest BCUT2D eigenvalue weighted by Gasteiger charge is 2.27. The van der Waals surface area contributed by atoms with Crippen LogP contribution < -0.4 is 5.32 Å². The number of likely N-dealkylation sites (tertiary alicyclic amines) is 1. The number of piperazine rings is 1. The third-order valence-corrected chi connectivity index (χ3v) is 4.83. The van der Waals surface area contributed by atoms with E-state index in [1.165, 1.54) is 0 Å². The van der Waals surface area contributed by atoms with Gasteiger partial charge in [0.05, 0.1) is 6.61 Å². The number of piperidine rings is 1. The maximum atomic E-state index is 12.4. The Morgan fingerprint density at radius 3 is 2.32 bits per heavy atom. The molecular formula is C17H32N4O4. The van der Waals surface area contributed by atoms with Gasteiger partial charge in [0.25, 0.3) is 0 Å². The molecule has 2 rings (SSSR count). The second-order valence-corrected chi connectivity index (χ2v) is 6.58. The van der Waals surface area contributed by atoms with Crippen LogP contribution in [0.15, 0.2) is 0 Å². The van der Waals surface area contributed by atoms with Crippen LogP contribution in [0.3, 0.4) is 0 Å². The quantitative estimate of drug-likeness (QED) is 0.718. The minimum Gasteiger partial charge on any atom is -0.450 e. The molecule has 0 aromatic rings. The van der Waals surface area contributed by atoms with E-state index in [0.29, 0.717) is 19.7 Å². The molecular weight excluding hydrogens is 324 g/mol. The SMILES string of the molecule is CCOC(=O)N1CCC(NC(=O)N2CCN(CCCOC)CC2)CC1. The number of nitrogens with zero attached hydrogens (tertiary/aromatic N) is 3. The Bertz CT molecular complexity index is 419. The summed E-state index contributed by atoms with van der Waals surface area (Å²) in [6, 6.07) is 0.157. The van der Waals surface area contributed by atoms with Crippen molar-refractivity contribution in [2.45, 2.75) is 32.2 Å². The lowest BCUT2D eigenvalue weighted by Crippen LogP contribution is -2.55. The van der Waals surface area contributed by atoms with Crippen molar-refractivity contribution in [1.29, 1.82) is 0 Å². The third kappa shape index (κ3) is 6.36. The van der Waals surface area contributed by atoms with Crippen molar-refractivity contribution < 1.29 is 19.1 Å². The van der Waals surface area contributed by atoms with Gasteiger partial charge in [0, 0.05) is 65.6 Å². The number of methoxy groups -OCH3 is 1. The highest BCUT2D eigenvalue weighted by Crippen LogP contribution is 2.12. The minimum absolute atomic E-state index is 0.0196. The van der Waals surface area contributed by atoms with E-state index in [-0.39, 0.29) is 18.2 Å². The molecule has 0 unspecified atom stereocenters. The molecule has 0 radical (unpaired) electrons. The summed E-state index contributed by atoms with van der Waals surface area (Å²) >= 11 is 0. The Morgan fingerprint density at radius 2 is 1.72 bits per heavy atom. The van der Waals surface area contributed by atoms with E-state index < -0.39 is 0 Å². The van der Waals surface area contributed by atoms with Gasteiger partial charge in [-0.3, -0.25) is 4.90 Å². The molecule has 3 amide bonds. The van der Waals surface area contributed by atoms with Crippen LogP contribution in [0.25, 0.3) is 0 Å². The van der Waals surface area contributed by atoms with Gasteiger partial charge in [-0.1, -0.05) is 0 Å². The molecule has 2 aliphatic heterocycles. The maximum absolute atomic E-state index is 12.4. The van der Waals surface area contributed by atoms with Gasteiger partial charge in [0.1, 0.15) is 0 Å². The second-order valence-electron chi connectivity index (χ2n) is 6.58. The molecule has 2 saturated heterocycles. The molecule has 2 aliphatic rings. The lowest BCUT2D eigenvalue weighted by atomic mass is 10.1. The largest absolute Gasteiger partial charge is 0.450 e. The van der Waals surface area contributed by atoms with Crippen molar-refractivity contribution in [3.05, 3.63) is 0 Å². The molecule has 0 bridgehead atoms. The van der Waals surface area contributed by atoms with Gasteiger partial charge in [-0.05, 0) is 26.2 Å². The number of nitrogens with one attached hydrogen (secondary N) is 1. The van der Waals surface area contributed by atoms with Gasteiger partial charge in [-0.15, -0.1) is 0 Å². The second kappa shape index (κ2) is 10.5. The molecule has 8 nitrogen and oxygen atoms in total. The lowest BCUT2D eigenvalue weighted by Gasteiger charge is -2.37. The lowest BCUT2D eigenvalue weighted by molar-refractivity contribution is 0.0937. The van der Waals surface area contributed by atoms with Gasteiger partial charge in [-0.25, -0.2) is 9.59 Å². The fraction of sp³-hybridized carbons (Fsp3) is 0.882. The van der Waals surface area contributed by atoms with Crippen molar-refractivity contribution in [3.63, 3.8) is 0 Å². The van der Waals surface area contributed by atoms with Crippen LogP contribution >= 0.6 is 0 Å². The van der Waals surface area contributed by atoms with Crippen molar-refractivity contribution in [3.8, 4) is 0 Å². The summed E-state index contributed by atoms with van der Waals surface area (Å²) in [7, 11) is 1.72. The molecule has 1 N–H and O–H groups in total. The molecule has 144 valence electrons. The Labute approximate surface area is 150 Å². The van der Waals surface area contributed by atoms with E-state index in [1.807, 2.05) is 11.8 Å². The van der Waals surface area contributed by atoms with E-state index in [4.69, 9.17) is 9.47 Å². The zero-order valence-electron chi connectivity index (χ0n) is 15.5. The molecule has 0 aromatic carbocycles. The molecule has 0 spiro atoms. The maximum Gasteiger partial charge on any atom is 0.409 e. The number of rotatable bonds is 6. The summed E-state index contributed by atoms with van der Waals surface area (Å²) in [5, 5.41) is 3.12. The summed E-state index contributed by atoms with van der Waals surface area (Å²) in [5.41, 5.74) is 0. The predicted molar refractivity (Wildman–Crippen MR) is 94.7 cm³/mol. The average Bonchev–Trinajstić information content (AvgIpc) is 2.63. The third-order valence-electron chi connectivity index (χ3n) is 4.83. The molecule has 0 saturated carbocycles. The monoisotopic (exact) mass is 356 g/mol. The van der Waals surface area contributed by atoms with Crippen LogP contribution in [0.4, 0.5) is 9.59 Å². The summed E-state index contributed by atoms with van der Waals surface area (Å²) in [4.78, 5) is 30.1. The van der Waals surface area contributed by atoms with E-state index in [2.05, 4.69) is 10.2 Å². The van der Waals surface area contributed by atoms with Crippen LogP contribution in [-0.4, -0.2) is 99.0 Å². The molecule has 2 heterocycles. The van der Waals surface area contributed by atoms with E-state index >= 15 is 0 Å². The van der Waals surface area contributed by atoms with Gasteiger partial charge in [-0.2, -0.15) is 0 Å². The zero-order chi connectivity index (χ0) is 18.1. The van der Waals surface area contributed by atoms with E-state index in [1.54, 1.807) is 12.0 Å². The van der Waals surface area contributed by atoms with Crippen molar-refractivity contribution >= 4 is 12.1 Å². The van der Waals surface area contributed by atoms with Crippen LogP contribution in [0, 0.1) is 0 Å². The first-order chi connectivity index (χ1) is 12.1. The fourth-order valence-corrected chi connectivity index (χ4v) is 3.29. The normalized spacial score (nSPS) is 19.8. The van der Waals surface area contributed by atoms with Gasteiger partial charge >= 0.3 is 12.1 Å². The molecule has 2 fully saturated rings. The first kappa shape index (κ1) is 19.8. The van der Waals surface area contributed by atoms with Crippen LogP contribution in [-0.2, 0) is 9.47 Å². The molecule has 8 heteroatoms. The first-order valence-electron chi connectivity index (χ1n) is 9.32. The Morgan fingerprint density at radius 1 is 1.04 bits per heavy atom. The average molecular weight is 356 g/mol. The fourth-order valence-electron chi connectivity index (χ4n) is 3.29. The van der Waals surface area contributed by atoms with Crippen LogP contribution in [0.2, 0.25) is 0 Å². The van der Waals surface area contributed by atoms with Gasteiger partial charge in [0.2, 0.25) is 0 Å². The molecule has 0 aliphatic carbocycles. The number of hydrogen-bond acceptors (Lipinski definition) is 5. The van der Waals surface area contributed by atoms with E-state index in [9.17, 15) is 9.59 Å². The van der Waals surface area contributed by atoms with Crippen molar-refractivity contribution in [2.24, 2.45) is 0 Å². The Kier molecular flexibility index (Phi) is 8.27. The van der Waals surface area contributed by atoms with Gasteiger partial charge < -0.3 is 24.6 Å². The topological polar surface area (TPSA) is 74.4 Å². The predicted octanol–water partition coefficient (Wildman–Crippen LogP) is 0.971. The highest BCUT2D eigenvalue weighted by molar-refractivity contribution is 5.74. The summed E-state index contributed by atoms with van der Waals surface area (Å²) in [6.07, 6.45) is 2.34. The van der Waals surface area contributed by atoms with Crippen molar-refractivity contribution in [2.75, 3.05) is 66.1 Å². The summed E-state index contributed by atoms with van der Waals surface area (Å²) in [6.45, 7) is 8.64. The number of carbonyl (C=O) groups is 2. The zero-order valence-corrected chi connectivity index (χ0v) is 15.5. The van der Waals surface area contributed by atoms with Crippen LogP contribution in [0.5, 0.6) is 0 Å². The number of urea groups is 1. The van der Waals surface area contributed by atoms with Crippen molar-refractivity contribution in [1.82, 2.24) is 20.0 Å². The first-order valence-corrected chi connectivity index (χ1v) is 9.32. The van der Waals surface area contributed by atoms with Crippen LogP contribution in [0.1, 0.15) is 26.2 Å². The number of carbonyl (C=O) groups excluding carboxylic acids is 2. The smallest absolute Gasteiger partial charge is 0.409 e. The standard InChI is InChI=1S/C17H32N4O4/c1-3-25-17(23)21-8-5-15(6-9-21)18-16(22)20-12-10-19(11-13-20)7-4-14-24-2/h15H,3-14H2,1-2H3,(H,18,22). The summed E-state index contributed by atoms with van der Waals surface area (Å²) < 4.78 is 10.1. The Hall–Kier alpha value is -1.54. The molecule has 0 aromatic heterocycles. The summed E-state index contributed by atoms with van der Waals surface area (Å²) in [5.74, 6) is 0. The molecule has 25 heavy (non-hydrogen) atoms. The number of amides is 3. The van der Waals surface area contributed by atoms with E-state index in [0.717, 1.165) is 58.6 Å².